The van der Waals surface area contributed by atoms with Crippen LogP contribution in [-0.2, 0) is 16.4 Å². The normalized spacial score (nSPS) is 18.4. The number of benzene rings is 1. The molecule has 1 N–H and O–H groups in total. The highest BCUT2D eigenvalue weighted by atomic mass is 32.2. The molecule has 0 saturated heterocycles. The predicted molar refractivity (Wildman–Crippen MR) is 84.5 cm³/mol. The maximum absolute atomic E-state index is 12.6. The van der Waals surface area contributed by atoms with Crippen molar-refractivity contribution in [3.05, 3.63) is 35.4 Å². The van der Waals surface area contributed by atoms with Gasteiger partial charge < -0.3 is 5.11 Å². The monoisotopic (exact) mass is 311 g/mol. The van der Waals surface area contributed by atoms with Gasteiger partial charge in [-0.3, -0.25) is 0 Å². The highest BCUT2D eigenvalue weighted by Gasteiger charge is 2.34. The summed E-state index contributed by atoms with van der Waals surface area (Å²) in [7, 11) is -3.33. The predicted octanol–water partition coefficient (Wildman–Crippen LogP) is 2.34. The van der Waals surface area contributed by atoms with Gasteiger partial charge in [0.25, 0.3) is 0 Å². The van der Waals surface area contributed by atoms with E-state index in [1.54, 1.807) is 0 Å². The molecule has 1 atom stereocenters. The van der Waals surface area contributed by atoms with Crippen molar-refractivity contribution in [3.63, 3.8) is 0 Å². The van der Waals surface area contributed by atoms with E-state index in [9.17, 15) is 13.5 Å². The second-order valence-electron chi connectivity index (χ2n) is 6.09. The number of aryl methyl sites for hydroxylation is 1. The molecule has 1 aromatic carbocycles. The van der Waals surface area contributed by atoms with Crippen LogP contribution in [0.25, 0.3) is 0 Å². The Balaban J connectivity index is 2.24. The van der Waals surface area contributed by atoms with Crippen LogP contribution >= 0.6 is 0 Å². The molecule has 4 nitrogen and oxygen atoms in total. The number of hydrogen-bond acceptors (Lipinski definition) is 3. The van der Waals surface area contributed by atoms with Crippen molar-refractivity contribution in [2.24, 2.45) is 5.92 Å². The van der Waals surface area contributed by atoms with Gasteiger partial charge in [-0.2, -0.15) is 4.31 Å². The van der Waals surface area contributed by atoms with Crippen LogP contribution in [0.5, 0.6) is 0 Å². The number of aliphatic hydroxyl groups is 1. The van der Waals surface area contributed by atoms with E-state index < -0.39 is 10.0 Å². The molecule has 0 heterocycles. The molecule has 1 unspecified atom stereocenters. The minimum absolute atomic E-state index is 0.120. The number of aliphatic hydroxyl groups excluding tert-OH is 1. The minimum Gasteiger partial charge on any atom is -0.395 e. The van der Waals surface area contributed by atoms with Gasteiger partial charge in [0.1, 0.15) is 0 Å². The molecule has 0 radical (unpaired) electrons. The maximum atomic E-state index is 12.6. The van der Waals surface area contributed by atoms with Gasteiger partial charge >= 0.3 is 0 Å². The summed E-state index contributed by atoms with van der Waals surface area (Å²) in [5.41, 5.74) is 2.32. The van der Waals surface area contributed by atoms with Gasteiger partial charge in [0.15, 0.2) is 0 Å². The fraction of sp³-hybridized carbons (Fsp3) is 0.625. The van der Waals surface area contributed by atoms with Crippen molar-refractivity contribution >= 4 is 10.0 Å². The molecule has 118 valence electrons. The van der Waals surface area contributed by atoms with Crippen LogP contribution in [0.1, 0.15) is 43.9 Å². The Morgan fingerprint density at radius 3 is 2.71 bits per heavy atom. The topological polar surface area (TPSA) is 57.6 Å². The smallest absolute Gasteiger partial charge is 0.214 e. The van der Waals surface area contributed by atoms with Gasteiger partial charge in [0, 0.05) is 6.54 Å². The molecule has 5 heteroatoms. The average molecular weight is 311 g/mol. The summed E-state index contributed by atoms with van der Waals surface area (Å²) in [4.78, 5) is 0. The molecule has 2 rings (SSSR count). The van der Waals surface area contributed by atoms with Crippen molar-refractivity contribution in [1.29, 1.82) is 0 Å². The molecule has 0 bridgehead atoms. The third-order valence-corrected chi connectivity index (χ3v) is 5.98. The van der Waals surface area contributed by atoms with Crippen molar-refractivity contribution in [2.45, 2.75) is 39.2 Å². The zero-order valence-corrected chi connectivity index (χ0v) is 13.6. The third kappa shape index (κ3) is 3.84. The Morgan fingerprint density at radius 2 is 2.05 bits per heavy atom. The highest BCUT2D eigenvalue weighted by Crippen LogP contribution is 2.37. The van der Waals surface area contributed by atoms with Gasteiger partial charge in [-0.25, -0.2) is 8.42 Å². The number of fused-ring (bicyclic) bond motifs is 1. The Labute approximate surface area is 127 Å². The molecular formula is C16H25NO3S. The average Bonchev–Trinajstić information content (AvgIpc) is 2.86. The van der Waals surface area contributed by atoms with Gasteiger partial charge in [-0.15, -0.1) is 0 Å². The van der Waals surface area contributed by atoms with E-state index in [1.165, 1.54) is 9.87 Å². The summed E-state index contributed by atoms with van der Waals surface area (Å²) < 4.78 is 26.8. The fourth-order valence-electron chi connectivity index (χ4n) is 2.92. The third-order valence-electron chi connectivity index (χ3n) is 4.08. The van der Waals surface area contributed by atoms with Crippen molar-refractivity contribution in [1.82, 2.24) is 4.31 Å². The Hall–Kier alpha value is -0.910. The standard InChI is InChI=1S/C16H25NO3S/c1-13(2)9-12-21(19,20)17(10-11-18)16-8-7-14-5-3-4-6-15(14)16/h3-6,13,16,18H,7-12H2,1-2H3. The van der Waals surface area contributed by atoms with Gasteiger partial charge in [0.2, 0.25) is 10.0 Å². The molecule has 0 spiro atoms. The van der Waals surface area contributed by atoms with E-state index in [0.717, 1.165) is 18.4 Å². The molecule has 1 aromatic rings. The van der Waals surface area contributed by atoms with Gasteiger partial charge in [0.05, 0.1) is 18.4 Å². The van der Waals surface area contributed by atoms with Crippen molar-refractivity contribution in [3.8, 4) is 0 Å². The zero-order valence-electron chi connectivity index (χ0n) is 12.8. The lowest BCUT2D eigenvalue weighted by Gasteiger charge is -2.28. The van der Waals surface area contributed by atoms with Crippen LogP contribution in [0.15, 0.2) is 24.3 Å². The highest BCUT2D eigenvalue weighted by molar-refractivity contribution is 7.89. The first-order valence-corrected chi connectivity index (χ1v) is 9.25. The lowest BCUT2D eigenvalue weighted by Crippen LogP contribution is -2.38. The van der Waals surface area contributed by atoms with Crippen LogP contribution in [0.4, 0.5) is 0 Å². The molecule has 21 heavy (non-hydrogen) atoms. The van der Waals surface area contributed by atoms with Crippen molar-refractivity contribution in [2.75, 3.05) is 18.9 Å². The van der Waals surface area contributed by atoms with Crippen LogP contribution in [0, 0.1) is 5.92 Å². The number of hydrogen-bond donors (Lipinski definition) is 1. The van der Waals surface area contributed by atoms with Crippen LogP contribution in [-0.4, -0.2) is 36.7 Å². The second-order valence-corrected chi connectivity index (χ2v) is 8.13. The number of sulfonamides is 1. The SMILES string of the molecule is CC(C)CCS(=O)(=O)N(CCO)C1CCc2ccccc21. The summed E-state index contributed by atoms with van der Waals surface area (Å²) in [6.45, 7) is 4.09. The summed E-state index contributed by atoms with van der Waals surface area (Å²) in [5, 5.41) is 9.28. The van der Waals surface area contributed by atoms with Crippen LogP contribution in [0.3, 0.4) is 0 Å². The van der Waals surface area contributed by atoms with Crippen LogP contribution < -0.4 is 0 Å². The first kappa shape index (κ1) is 16.5. The summed E-state index contributed by atoms with van der Waals surface area (Å²) in [6, 6.07) is 7.90. The quantitative estimate of drug-likeness (QED) is 0.841. The van der Waals surface area contributed by atoms with Crippen LogP contribution in [0.2, 0.25) is 0 Å². The van der Waals surface area contributed by atoms with E-state index in [4.69, 9.17) is 0 Å². The lowest BCUT2D eigenvalue weighted by molar-refractivity contribution is 0.225. The summed E-state index contributed by atoms with van der Waals surface area (Å²) in [5.74, 6) is 0.509. The van der Waals surface area contributed by atoms with Gasteiger partial charge in [-0.05, 0) is 36.3 Å². The molecule has 0 fully saturated rings. The Morgan fingerprint density at radius 1 is 1.33 bits per heavy atom. The fourth-order valence-corrected chi connectivity index (χ4v) is 4.89. The second kappa shape index (κ2) is 6.90. The van der Waals surface area contributed by atoms with Gasteiger partial charge in [-0.1, -0.05) is 38.1 Å². The van der Waals surface area contributed by atoms with Crippen molar-refractivity contribution < 1.29 is 13.5 Å². The zero-order chi connectivity index (χ0) is 15.5. The number of rotatable bonds is 7. The van der Waals surface area contributed by atoms with E-state index >= 15 is 0 Å². The molecule has 1 aliphatic carbocycles. The molecular weight excluding hydrogens is 286 g/mol. The molecule has 0 saturated carbocycles. The number of nitrogens with zero attached hydrogens (tertiary/aromatic N) is 1. The van der Waals surface area contributed by atoms with E-state index in [2.05, 4.69) is 6.07 Å². The van der Waals surface area contributed by atoms with E-state index in [1.807, 2.05) is 32.0 Å². The summed E-state index contributed by atoms with van der Waals surface area (Å²) >= 11 is 0. The van der Waals surface area contributed by atoms with E-state index in [-0.39, 0.29) is 24.9 Å². The first-order valence-electron chi connectivity index (χ1n) is 7.64. The van der Waals surface area contributed by atoms with E-state index in [0.29, 0.717) is 12.3 Å². The molecule has 0 aliphatic heterocycles. The lowest BCUT2D eigenvalue weighted by atomic mass is 10.1. The minimum atomic E-state index is -3.33. The largest absolute Gasteiger partial charge is 0.395 e. The Kier molecular flexibility index (Phi) is 5.41. The molecule has 0 amide bonds. The molecule has 0 aromatic heterocycles. The summed E-state index contributed by atoms with van der Waals surface area (Å²) in [6.07, 6.45) is 2.36. The first-order chi connectivity index (χ1) is 9.95. The molecule has 1 aliphatic rings. The Bertz CT molecular complexity index is 569. The maximum Gasteiger partial charge on any atom is 0.214 e.